The summed E-state index contributed by atoms with van der Waals surface area (Å²) in [5.74, 6) is 1.10. The Kier molecular flexibility index (Phi) is 6.44. The molecule has 21 heavy (non-hydrogen) atoms. The summed E-state index contributed by atoms with van der Waals surface area (Å²) in [6.45, 7) is 3.57. The van der Waals surface area contributed by atoms with Crippen LogP contribution in [0.25, 0.3) is 0 Å². The van der Waals surface area contributed by atoms with E-state index < -0.39 is 16.1 Å². The fourth-order valence-corrected chi connectivity index (χ4v) is 3.29. The minimum absolute atomic E-state index is 0.0284. The molecule has 120 valence electrons. The zero-order valence-corrected chi connectivity index (χ0v) is 13.6. The van der Waals surface area contributed by atoms with Gasteiger partial charge in [0.1, 0.15) is 0 Å². The maximum Gasteiger partial charge on any atom is 0.211 e. The standard InChI is InChI=1S/C14H23NO5S/c1-10(2)9-21(17,18)15-8-12(16)11-5-6-13(19-3)14(7-11)20-4/h5-7,10,12,15-16H,8-9H2,1-4H3. The van der Waals surface area contributed by atoms with Gasteiger partial charge < -0.3 is 14.6 Å². The van der Waals surface area contributed by atoms with Crippen LogP contribution in [0.1, 0.15) is 25.5 Å². The number of hydrogen-bond acceptors (Lipinski definition) is 5. The summed E-state index contributed by atoms with van der Waals surface area (Å²) in [5, 5.41) is 10.1. The second-order valence-corrected chi connectivity index (χ2v) is 7.01. The number of methoxy groups -OCH3 is 2. The van der Waals surface area contributed by atoms with E-state index in [1.807, 2.05) is 13.8 Å². The molecule has 0 aliphatic rings. The number of aliphatic hydroxyl groups excluding tert-OH is 1. The third kappa shape index (κ3) is 5.53. The van der Waals surface area contributed by atoms with Crippen LogP contribution >= 0.6 is 0 Å². The van der Waals surface area contributed by atoms with Crippen molar-refractivity contribution < 1.29 is 23.0 Å². The van der Waals surface area contributed by atoms with E-state index in [1.54, 1.807) is 18.2 Å². The van der Waals surface area contributed by atoms with Crippen LogP contribution in [0, 0.1) is 5.92 Å². The quantitative estimate of drug-likeness (QED) is 0.755. The van der Waals surface area contributed by atoms with E-state index in [2.05, 4.69) is 4.72 Å². The average molecular weight is 317 g/mol. The summed E-state index contributed by atoms with van der Waals surface area (Å²) in [6.07, 6.45) is -0.952. The minimum Gasteiger partial charge on any atom is -0.493 e. The van der Waals surface area contributed by atoms with E-state index in [0.717, 1.165) is 0 Å². The Balaban J connectivity index is 2.74. The Hall–Kier alpha value is -1.31. The van der Waals surface area contributed by atoms with Crippen molar-refractivity contribution in [1.29, 1.82) is 0 Å². The largest absolute Gasteiger partial charge is 0.493 e. The second kappa shape index (κ2) is 7.63. The molecule has 0 spiro atoms. The Morgan fingerprint density at radius 1 is 1.19 bits per heavy atom. The van der Waals surface area contributed by atoms with E-state index in [4.69, 9.17) is 9.47 Å². The fourth-order valence-electron chi connectivity index (χ4n) is 1.88. The van der Waals surface area contributed by atoms with E-state index in [9.17, 15) is 13.5 Å². The van der Waals surface area contributed by atoms with Crippen LogP contribution < -0.4 is 14.2 Å². The Morgan fingerprint density at radius 2 is 1.81 bits per heavy atom. The molecule has 0 saturated carbocycles. The van der Waals surface area contributed by atoms with Crippen molar-refractivity contribution in [2.45, 2.75) is 20.0 Å². The molecule has 0 aliphatic heterocycles. The number of nitrogens with one attached hydrogen (secondary N) is 1. The average Bonchev–Trinajstić information content (AvgIpc) is 2.42. The molecule has 0 aliphatic carbocycles. The predicted octanol–water partition coefficient (Wildman–Crippen LogP) is 1.31. The van der Waals surface area contributed by atoms with Gasteiger partial charge in [-0.15, -0.1) is 0 Å². The maximum absolute atomic E-state index is 11.7. The van der Waals surface area contributed by atoms with Gasteiger partial charge in [0.05, 0.1) is 26.1 Å². The minimum atomic E-state index is -3.38. The SMILES string of the molecule is COc1ccc(C(O)CNS(=O)(=O)CC(C)C)cc1OC. The van der Waals surface area contributed by atoms with Gasteiger partial charge in [-0.25, -0.2) is 13.1 Å². The highest BCUT2D eigenvalue weighted by atomic mass is 32.2. The van der Waals surface area contributed by atoms with Crippen molar-refractivity contribution in [3.05, 3.63) is 23.8 Å². The number of ether oxygens (including phenoxy) is 2. The van der Waals surface area contributed by atoms with Crippen LogP contribution in [0.2, 0.25) is 0 Å². The van der Waals surface area contributed by atoms with E-state index in [1.165, 1.54) is 14.2 Å². The molecule has 1 aromatic carbocycles. The van der Waals surface area contributed by atoms with Gasteiger partial charge in [-0.2, -0.15) is 0 Å². The van der Waals surface area contributed by atoms with Gasteiger partial charge in [-0.05, 0) is 23.6 Å². The lowest BCUT2D eigenvalue weighted by molar-refractivity contribution is 0.181. The third-order valence-corrected chi connectivity index (χ3v) is 4.55. The van der Waals surface area contributed by atoms with Crippen molar-refractivity contribution in [1.82, 2.24) is 4.72 Å². The normalized spacial score (nSPS) is 13.2. The van der Waals surface area contributed by atoms with Gasteiger partial charge in [-0.1, -0.05) is 19.9 Å². The molecule has 0 fully saturated rings. The van der Waals surface area contributed by atoms with Gasteiger partial charge in [0, 0.05) is 6.54 Å². The lowest BCUT2D eigenvalue weighted by atomic mass is 10.1. The molecule has 0 radical (unpaired) electrons. The highest BCUT2D eigenvalue weighted by Crippen LogP contribution is 2.29. The summed E-state index contributed by atoms with van der Waals surface area (Å²) in [5.41, 5.74) is 0.555. The molecule has 7 heteroatoms. The molecule has 1 atom stereocenters. The summed E-state index contributed by atoms with van der Waals surface area (Å²) < 4.78 is 36.1. The Labute approximate surface area is 126 Å². The predicted molar refractivity (Wildman–Crippen MR) is 81.1 cm³/mol. The van der Waals surface area contributed by atoms with E-state index >= 15 is 0 Å². The molecule has 1 rings (SSSR count). The van der Waals surface area contributed by atoms with Crippen LogP contribution in [-0.2, 0) is 10.0 Å². The maximum atomic E-state index is 11.7. The molecular formula is C14H23NO5S. The Bertz CT molecular complexity index is 556. The van der Waals surface area contributed by atoms with Gasteiger partial charge in [0.25, 0.3) is 0 Å². The Morgan fingerprint density at radius 3 is 2.33 bits per heavy atom. The second-order valence-electron chi connectivity index (χ2n) is 5.15. The number of aliphatic hydroxyl groups is 1. The molecule has 0 saturated heterocycles. The lowest BCUT2D eigenvalue weighted by Crippen LogP contribution is -2.32. The first-order chi connectivity index (χ1) is 9.79. The van der Waals surface area contributed by atoms with Gasteiger partial charge in [0.15, 0.2) is 11.5 Å². The van der Waals surface area contributed by atoms with Gasteiger partial charge in [0.2, 0.25) is 10.0 Å². The van der Waals surface area contributed by atoms with E-state index in [-0.39, 0.29) is 18.2 Å². The molecule has 6 nitrogen and oxygen atoms in total. The first-order valence-electron chi connectivity index (χ1n) is 6.66. The zero-order chi connectivity index (χ0) is 16.0. The molecular weight excluding hydrogens is 294 g/mol. The van der Waals surface area contributed by atoms with Crippen molar-refractivity contribution in [2.75, 3.05) is 26.5 Å². The lowest BCUT2D eigenvalue weighted by Gasteiger charge is -2.15. The summed E-state index contributed by atoms with van der Waals surface area (Å²) >= 11 is 0. The molecule has 1 aromatic rings. The van der Waals surface area contributed by atoms with Crippen molar-refractivity contribution in [3.63, 3.8) is 0 Å². The zero-order valence-electron chi connectivity index (χ0n) is 12.8. The molecule has 0 heterocycles. The summed E-state index contributed by atoms with van der Waals surface area (Å²) in [6, 6.07) is 4.96. The number of hydrogen-bond donors (Lipinski definition) is 2. The van der Waals surface area contributed by atoms with Crippen LogP contribution in [0.3, 0.4) is 0 Å². The van der Waals surface area contributed by atoms with Gasteiger partial charge in [-0.3, -0.25) is 0 Å². The molecule has 2 N–H and O–H groups in total. The summed E-state index contributed by atoms with van der Waals surface area (Å²) in [7, 11) is -0.357. The monoisotopic (exact) mass is 317 g/mol. The number of sulfonamides is 1. The fraction of sp³-hybridized carbons (Fsp3) is 0.571. The van der Waals surface area contributed by atoms with Crippen LogP contribution in [0.5, 0.6) is 11.5 Å². The highest BCUT2D eigenvalue weighted by Gasteiger charge is 2.17. The highest BCUT2D eigenvalue weighted by molar-refractivity contribution is 7.89. The van der Waals surface area contributed by atoms with E-state index in [0.29, 0.717) is 17.1 Å². The van der Waals surface area contributed by atoms with Crippen LogP contribution in [0.4, 0.5) is 0 Å². The van der Waals surface area contributed by atoms with Crippen molar-refractivity contribution in [2.24, 2.45) is 5.92 Å². The molecule has 0 bridgehead atoms. The topological polar surface area (TPSA) is 84.9 Å². The van der Waals surface area contributed by atoms with Gasteiger partial charge >= 0.3 is 0 Å². The smallest absolute Gasteiger partial charge is 0.211 e. The number of rotatable bonds is 8. The summed E-state index contributed by atoms with van der Waals surface area (Å²) in [4.78, 5) is 0. The third-order valence-electron chi connectivity index (χ3n) is 2.84. The first-order valence-corrected chi connectivity index (χ1v) is 8.31. The van der Waals surface area contributed by atoms with Crippen molar-refractivity contribution >= 4 is 10.0 Å². The first kappa shape index (κ1) is 17.7. The van der Waals surface area contributed by atoms with Crippen molar-refractivity contribution in [3.8, 4) is 11.5 Å². The molecule has 1 unspecified atom stereocenters. The molecule has 0 amide bonds. The van der Waals surface area contributed by atoms with Crippen LogP contribution in [-0.4, -0.2) is 40.0 Å². The molecule has 0 aromatic heterocycles. The number of benzene rings is 1. The van der Waals surface area contributed by atoms with Crippen LogP contribution in [0.15, 0.2) is 18.2 Å².